The number of hydrogen-bond donors (Lipinski definition) is 1. The fourth-order valence-electron chi connectivity index (χ4n) is 5.11. The molecular weight excluding hydrogens is 467 g/mol. The van der Waals surface area contributed by atoms with Crippen LogP contribution < -0.4 is 4.90 Å². The third kappa shape index (κ3) is 4.85. The standard InChI is InChI=1S/C23H26F3N5O4/c24-23(25,26)18-2-1-15(9-20(18)30-11-16-13-35-14-17(16)12-30)10-28-5-7-29(8-6-28)22(34)31-4-3-19(27-31)21(32)33/h1-4,9,16-17H,5-8,10-14H2,(H,32,33). The highest BCUT2D eigenvalue weighted by Gasteiger charge is 2.41. The Morgan fingerprint density at radius 1 is 1.06 bits per heavy atom. The molecule has 3 aliphatic heterocycles. The normalized spacial score (nSPS) is 23.1. The number of carbonyl (C=O) groups excluding carboxylic acids is 1. The number of carboxylic acid groups (broad SMARTS) is 1. The van der Waals surface area contributed by atoms with Gasteiger partial charge in [-0.1, -0.05) is 6.07 Å². The van der Waals surface area contributed by atoms with Crippen molar-refractivity contribution in [2.75, 3.05) is 57.4 Å². The van der Waals surface area contributed by atoms with E-state index in [0.29, 0.717) is 59.0 Å². The minimum Gasteiger partial charge on any atom is -0.476 e. The predicted octanol–water partition coefficient (Wildman–Crippen LogP) is 2.47. The first-order valence-electron chi connectivity index (χ1n) is 11.5. The Bertz CT molecular complexity index is 1100. The third-order valence-corrected chi connectivity index (χ3v) is 7.00. The Labute approximate surface area is 199 Å². The zero-order chi connectivity index (χ0) is 24.7. The summed E-state index contributed by atoms with van der Waals surface area (Å²) in [6, 6.07) is 5.21. The molecule has 5 rings (SSSR count). The summed E-state index contributed by atoms with van der Waals surface area (Å²) in [5, 5.41) is 12.8. The number of piperazine rings is 1. The Morgan fingerprint density at radius 2 is 1.74 bits per heavy atom. The summed E-state index contributed by atoms with van der Waals surface area (Å²) in [6.45, 7) is 4.70. The maximum Gasteiger partial charge on any atom is 0.418 e. The minimum atomic E-state index is -4.43. The van der Waals surface area contributed by atoms with Crippen LogP contribution in [-0.2, 0) is 17.5 Å². The lowest BCUT2D eigenvalue weighted by Gasteiger charge is -2.34. The summed E-state index contributed by atoms with van der Waals surface area (Å²) in [6.07, 6.45) is -3.11. The topological polar surface area (TPSA) is 91.1 Å². The second kappa shape index (κ2) is 9.15. The number of carbonyl (C=O) groups is 2. The van der Waals surface area contributed by atoms with Crippen molar-refractivity contribution in [1.82, 2.24) is 19.6 Å². The second-order valence-corrected chi connectivity index (χ2v) is 9.31. The first-order valence-corrected chi connectivity index (χ1v) is 11.5. The maximum absolute atomic E-state index is 13.7. The van der Waals surface area contributed by atoms with Crippen LogP contribution in [0.2, 0.25) is 0 Å². The van der Waals surface area contributed by atoms with Crippen LogP contribution in [0, 0.1) is 11.8 Å². The van der Waals surface area contributed by atoms with Gasteiger partial charge in [0.15, 0.2) is 5.69 Å². The lowest BCUT2D eigenvalue weighted by molar-refractivity contribution is -0.137. The highest BCUT2D eigenvalue weighted by Crippen LogP contribution is 2.41. The number of ether oxygens (including phenoxy) is 1. The van der Waals surface area contributed by atoms with Crippen molar-refractivity contribution in [3.8, 4) is 0 Å². The predicted molar refractivity (Wildman–Crippen MR) is 118 cm³/mol. The van der Waals surface area contributed by atoms with Crippen molar-refractivity contribution in [2.24, 2.45) is 11.8 Å². The van der Waals surface area contributed by atoms with Gasteiger partial charge in [0.25, 0.3) is 0 Å². The van der Waals surface area contributed by atoms with E-state index in [9.17, 15) is 22.8 Å². The van der Waals surface area contributed by atoms with E-state index in [1.165, 1.54) is 24.4 Å². The number of aromatic nitrogens is 2. The van der Waals surface area contributed by atoms with Gasteiger partial charge in [-0.2, -0.15) is 23.0 Å². The Morgan fingerprint density at radius 3 is 2.34 bits per heavy atom. The largest absolute Gasteiger partial charge is 0.476 e. The van der Waals surface area contributed by atoms with Crippen LogP contribution in [0.15, 0.2) is 30.5 Å². The molecule has 0 bridgehead atoms. The van der Waals surface area contributed by atoms with E-state index < -0.39 is 23.7 Å². The molecule has 0 radical (unpaired) electrons. The van der Waals surface area contributed by atoms with Crippen molar-refractivity contribution >= 4 is 17.7 Å². The Kier molecular flexibility index (Phi) is 6.18. The average Bonchev–Trinajstić information content (AvgIpc) is 3.55. The molecule has 2 unspecified atom stereocenters. The molecule has 0 aliphatic carbocycles. The SMILES string of the molecule is O=C(O)c1ccn(C(=O)N2CCN(Cc3ccc(C(F)(F)F)c(N4CC5COCC5C4)c3)CC2)n1. The zero-order valence-electron chi connectivity index (χ0n) is 18.9. The molecule has 0 saturated carbocycles. The number of hydrogen-bond acceptors (Lipinski definition) is 6. The number of alkyl halides is 3. The summed E-state index contributed by atoms with van der Waals surface area (Å²) in [4.78, 5) is 29.1. The molecule has 3 aliphatic rings. The van der Waals surface area contributed by atoms with E-state index >= 15 is 0 Å². The number of aromatic carboxylic acids is 1. The number of rotatable bonds is 4. The monoisotopic (exact) mass is 493 g/mol. The first-order chi connectivity index (χ1) is 16.7. The number of carboxylic acids is 1. The lowest BCUT2D eigenvalue weighted by Crippen LogP contribution is -2.49. The molecule has 3 saturated heterocycles. The molecule has 12 heteroatoms. The van der Waals surface area contributed by atoms with Gasteiger partial charge in [-0.25, -0.2) is 9.59 Å². The van der Waals surface area contributed by atoms with Crippen LogP contribution in [-0.4, -0.2) is 89.2 Å². The van der Waals surface area contributed by atoms with Crippen LogP contribution in [0.3, 0.4) is 0 Å². The Balaban J connectivity index is 1.24. The van der Waals surface area contributed by atoms with Gasteiger partial charge in [-0.3, -0.25) is 4.90 Å². The van der Waals surface area contributed by atoms with E-state index in [-0.39, 0.29) is 23.2 Å². The van der Waals surface area contributed by atoms with Gasteiger partial charge >= 0.3 is 18.2 Å². The average molecular weight is 493 g/mol. The zero-order valence-corrected chi connectivity index (χ0v) is 18.9. The van der Waals surface area contributed by atoms with E-state index in [4.69, 9.17) is 9.84 Å². The second-order valence-electron chi connectivity index (χ2n) is 9.31. The maximum atomic E-state index is 13.7. The van der Waals surface area contributed by atoms with Crippen molar-refractivity contribution in [3.63, 3.8) is 0 Å². The van der Waals surface area contributed by atoms with Crippen molar-refractivity contribution < 1.29 is 32.6 Å². The smallest absolute Gasteiger partial charge is 0.418 e. The fourth-order valence-corrected chi connectivity index (χ4v) is 5.11. The molecule has 35 heavy (non-hydrogen) atoms. The quantitative estimate of drug-likeness (QED) is 0.700. The molecule has 188 valence electrons. The van der Waals surface area contributed by atoms with E-state index in [0.717, 1.165) is 10.2 Å². The molecular formula is C23H26F3N5O4. The summed E-state index contributed by atoms with van der Waals surface area (Å²) in [5.41, 5.74) is 0.201. The van der Waals surface area contributed by atoms with Gasteiger partial charge in [-0.05, 0) is 23.8 Å². The molecule has 0 spiro atoms. The summed E-state index contributed by atoms with van der Waals surface area (Å²) < 4.78 is 47.7. The number of fused-ring (bicyclic) bond motifs is 1. The summed E-state index contributed by atoms with van der Waals surface area (Å²) in [7, 11) is 0. The summed E-state index contributed by atoms with van der Waals surface area (Å²) >= 11 is 0. The lowest BCUT2D eigenvalue weighted by atomic mass is 10.0. The molecule has 1 amide bonds. The van der Waals surface area contributed by atoms with Crippen LogP contribution >= 0.6 is 0 Å². The molecule has 2 aromatic rings. The van der Waals surface area contributed by atoms with Crippen LogP contribution in [0.1, 0.15) is 21.6 Å². The number of nitrogens with zero attached hydrogens (tertiary/aromatic N) is 5. The van der Waals surface area contributed by atoms with Crippen LogP contribution in [0.25, 0.3) is 0 Å². The molecule has 1 aromatic carbocycles. The number of anilines is 1. The minimum absolute atomic E-state index is 0.204. The number of halogens is 3. The number of amides is 1. The van der Waals surface area contributed by atoms with E-state index in [1.54, 1.807) is 11.0 Å². The molecule has 9 nitrogen and oxygen atoms in total. The molecule has 4 heterocycles. The van der Waals surface area contributed by atoms with Crippen molar-refractivity contribution in [2.45, 2.75) is 12.7 Å². The molecule has 3 fully saturated rings. The van der Waals surface area contributed by atoms with Gasteiger partial charge in [0.1, 0.15) is 0 Å². The van der Waals surface area contributed by atoms with Crippen molar-refractivity contribution in [1.29, 1.82) is 0 Å². The van der Waals surface area contributed by atoms with E-state index in [2.05, 4.69) is 10.00 Å². The van der Waals surface area contributed by atoms with Crippen LogP contribution in [0.4, 0.5) is 23.7 Å². The van der Waals surface area contributed by atoms with E-state index in [1.807, 2.05) is 4.90 Å². The first kappa shape index (κ1) is 23.6. The Hall–Kier alpha value is -3.12. The number of benzene rings is 1. The summed E-state index contributed by atoms with van der Waals surface area (Å²) in [5.74, 6) is -0.666. The molecule has 1 N–H and O–H groups in total. The van der Waals surface area contributed by atoms with Gasteiger partial charge in [0, 0.05) is 69.5 Å². The van der Waals surface area contributed by atoms with Gasteiger partial charge < -0.3 is 19.6 Å². The van der Waals surface area contributed by atoms with Crippen LogP contribution in [0.5, 0.6) is 0 Å². The molecule has 1 aromatic heterocycles. The van der Waals surface area contributed by atoms with Gasteiger partial charge in [-0.15, -0.1) is 0 Å². The third-order valence-electron chi connectivity index (χ3n) is 7.00. The van der Waals surface area contributed by atoms with Crippen molar-refractivity contribution in [3.05, 3.63) is 47.3 Å². The molecule has 2 atom stereocenters. The fraction of sp³-hybridized carbons (Fsp3) is 0.522. The highest BCUT2D eigenvalue weighted by atomic mass is 19.4. The highest BCUT2D eigenvalue weighted by molar-refractivity contribution is 5.86. The van der Waals surface area contributed by atoms with Gasteiger partial charge in [0.2, 0.25) is 0 Å². The van der Waals surface area contributed by atoms with Gasteiger partial charge in [0.05, 0.1) is 18.8 Å².